The van der Waals surface area contributed by atoms with E-state index in [1.54, 1.807) is 18.3 Å². The largest absolute Gasteiger partial charge is 0.349 e. The van der Waals surface area contributed by atoms with Gasteiger partial charge in [0.1, 0.15) is 4.60 Å². The van der Waals surface area contributed by atoms with Gasteiger partial charge in [0.2, 0.25) is 0 Å². The summed E-state index contributed by atoms with van der Waals surface area (Å²) in [6, 6.07) is 3.86. The molecule has 2 atom stereocenters. The Hall–Kier alpha value is -0.900. The molecule has 1 saturated carbocycles. The first-order valence-corrected chi connectivity index (χ1v) is 6.42. The molecular weight excluding hydrogens is 268 g/mol. The fraction of sp³-hybridized carbons (Fsp3) is 0.500. The maximum atomic E-state index is 11.8. The fourth-order valence-electron chi connectivity index (χ4n) is 1.91. The second-order valence-corrected chi connectivity index (χ2v) is 5.04. The Bertz CT molecular complexity index is 394. The van der Waals surface area contributed by atoms with E-state index in [-0.39, 0.29) is 5.91 Å². The summed E-state index contributed by atoms with van der Waals surface area (Å²) < 4.78 is 0.695. The van der Waals surface area contributed by atoms with Crippen molar-refractivity contribution in [1.82, 2.24) is 10.3 Å². The minimum Gasteiger partial charge on any atom is -0.349 e. The summed E-state index contributed by atoms with van der Waals surface area (Å²) in [6.07, 6.45) is 5.17. The van der Waals surface area contributed by atoms with E-state index in [2.05, 4.69) is 33.2 Å². The molecule has 0 radical (unpaired) electrons. The van der Waals surface area contributed by atoms with Gasteiger partial charge in [0.15, 0.2) is 0 Å². The first-order valence-electron chi connectivity index (χ1n) is 5.63. The molecule has 0 aromatic carbocycles. The Morgan fingerprint density at radius 1 is 1.69 bits per heavy atom. The maximum Gasteiger partial charge on any atom is 0.251 e. The van der Waals surface area contributed by atoms with Crippen LogP contribution in [-0.2, 0) is 0 Å². The molecule has 0 bridgehead atoms. The summed E-state index contributed by atoms with van der Waals surface area (Å²) in [4.78, 5) is 15.8. The Balaban J connectivity index is 1.90. The van der Waals surface area contributed by atoms with Crippen LogP contribution in [0.5, 0.6) is 0 Å². The lowest BCUT2D eigenvalue weighted by molar-refractivity contribution is 0.0948. The summed E-state index contributed by atoms with van der Waals surface area (Å²) in [5.74, 6) is 0.700. The highest BCUT2D eigenvalue weighted by atomic mass is 79.9. The molecule has 1 fully saturated rings. The number of carbonyl (C=O) groups excluding carboxylic acids is 1. The van der Waals surface area contributed by atoms with Crippen molar-refractivity contribution >= 4 is 21.8 Å². The number of hydrogen-bond donors (Lipinski definition) is 1. The minimum absolute atomic E-state index is 0.00621. The van der Waals surface area contributed by atoms with Gasteiger partial charge in [-0.05, 0) is 46.8 Å². The van der Waals surface area contributed by atoms with Crippen LogP contribution in [0, 0.1) is 5.92 Å². The van der Waals surface area contributed by atoms with Crippen molar-refractivity contribution in [3.8, 4) is 0 Å². The van der Waals surface area contributed by atoms with Crippen molar-refractivity contribution < 1.29 is 4.79 Å². The van der Waals surface area contributed by atoms with Crippen molar-refractivity contribution in [3.05, 3.63) is 28.5 Å². The number of rotatable bonds is 4. The predicted molar refractivity (Wildman–Crippen MR) is 66.2 cm³/mol. The van der Waals surface area contributed by atoms with E-state index in [0.717, 1.165) is 6.42 Å². The number of nitrogens with one attached hydrogen (secondary N) is 1. The van der Waals surface area contributed by atoms with Crippen molar-refractivity contribution in [2.45, 2.75) is 32.2 Å². The van der Waals surface area contributed by atoms with Gasteiger partial charge in [0.05, 0.1) is 0 Å². The third-order valence-corrected chi connectivity index (χ3v) is 3.32. The second-order valence-electron chi connectivity index (χ2n) is 4.23. The van der Waals surface area contributed by atoms with Gasteiger partial charge in [-0.25, -0.2) is 4.98 Å². The number of aromatic nitrogens is 1. The Morgan fingerprint density at radius 2 is 2.50 bits per heavy atom. The van der Waals surface area contributed by atoms with Gasteiger partial charge >= 0.3 is 0 Å². The van der Waals surface area contributed by atoms with E-state index in [0.29, 0.717) is 22.1 Å². The standard InChI is InChI=1S/C12H15BrN2O/c1-2-3-8-6-10(8)15-12(16)9-4-5-14-11(13)7-9/h4-5,7-8,10H,2-3,6H2,1H3,(H,15,16). The highest BCUT2D eigenvalue weighted by Crippen LogP contribution is 2.34. The van der Waals surface area contributed by atoms with Gasteiger partial charge in [-0.3, -0.25) is 4.79 Å². The van der Waals surface area contributed by atoms with Crippen LogP contribution in [-0.4, -0.2) is 16.9 Å². The number of halogens is 1. The SMILES string of the molecule is CCCC1CC1NC(=O)c1ccnc(Br)c1. The Kier molecular flexibility index (Phi) is 3.59. The van der Waals surface area contributed by atoms with Crippen LogP contribution < -0.4 is 5.32 Å². The minimum atomic E-state index is 0.00621. The third-order valence-electron chi connectivity index (χ3n) is 2.89. The Labute approximate surface area is 104 Å². The number of carbonyl (C=O) groups is 1. The van der Waals surface area contributed by atoms with Crippen molar-refractivity contribution in [3.63, 3.8) is 0 Å². The highest BCUT2D eigenvalue weighted by Gasteiger charge is 2.37. The zero-order chi connectivity index (χ0) is 11.5. The number of nitrogens with zero attached hydrogens (tertiary/aromatic N) is 1. The Morgan fingerprint density at radius 3 is 3.19 bits per heavy atom. The summed E-state index contributed by atoms with van der Waals surface area (Å²) in [6.45, 7) is 2.18. The molecule has 16 heavy (non-hydrogen) atoms. The second kappa shape index (κ2) is 4.95. The lowest BCUT2D eigenvalue weighted by Crippen LogP contribution is -2.26. The summed E-state index contributed by atoms with van der Waals surface area (Å²) in [5.41, 5.74) is 0.670. The molecule has 1 aliphatic carbocycles. The smallest absolute Gasteiger partial charge is 0.251 e. The molecule has 1 aliphatic rings. The monoisotopic (exact) mass is 282 g/mol. The quantitative estimate of drug-likeness (QED) is 0.863. The van der Waals surface area contributed by atoms with Crippen LogP contribution in [0.1, 0.15) is 36.5 Å². The number of pyridine rings is 1. The predicted octanol–water partition coefficient (Wildman–Crippen LogP) is 2.76. The average Bonchev–Trinajstić information content (AvgIpc) is 2.97. The molecule has 0 saturated heterocycles. The van der Waals surface area contributed by atoms with Crippen LogP contribution in [0.2, 0.25) is 0 Å². The van der Waals surface area contributed by atoms with Crippen LogP contribution in [0.15, 0.2) is 22.9 Å². The van der Waals surface area contributed by atoms with E-state index in [1.807, 2.05) is 0 Å². The summed E-state index contributed by atoms with van der Waals surface area (Å²) in [5, 5.41) is 3.04. The van der Waals surface area contributed by atoms with Gasteiger partial charge in [-0.2, -0.15) is 0 Å². The number of hydrogen-bond acceptors (Lipinski definition) is 2. The van der Waals surface area contributed by atoms with Crippen LogP contribution >= 0.6 is 15.9 Å². The molecule has 0 aliphatic heterocycles. The molecule has 1 heterocycles. The molecule has 2 unspecified atom stereocenters. The first-order chi connectivity index (χ1) is 7.70. The highest BCUT2D eigenvalue weighted by molar-refractivity contribution is 9.10. The van der Waals surface area contributed by atoms with Crippen molar-refractivity contribution in [1.29, 1.82) is 0 Å². The van der Waals surface area contributed by atoms with Gasteiger partial charge < -0.3 is 5.32 Å². The zero-order valence-corrected chi connectivity index (χ0v) is 10.8. The number of amides is 1. The van der Waals surface area contributed by atoms with Crippen molar-refractivity contribution in [2.75, 3.05) is 0 Å². The summed E-state index contributed by atoms with van der Waals surface area (Å²) in [7, 11) is 0. The zero-order valence-electron chi connectivity index (χ0n) is 9.24. The third kappa shape index (κ3) is 2.82. The molecule has 1 amide bonds. The molecule has 86 valence electrons. The molecular formula is C12H15BrN2O. The van der Waals surface area contributed by atoms with Gasteiger partial charge in [0.25, 0.3) is 5.91 Å². The van der Waals surface area contributed by atoms with Crippen LogP contribution in [0.4, 0.5) is 0 Å². The maximum absolute atomic E-state index is 11.8. The lowest BCUT2D eigenvalue weighted by atomic mass is 10.2. The van der Waals surface area contributed by atoms with E-state index >= 15 is 0 Å². The van der Waals surface area contributed by atoms with Gasteiger partial charge in [0, 0.05) is 17.8 Å². The van der Waals surface area contributed by atoms with Gasteiger partial charge in [-0.15, -0.1) is 0 Å². The topological polar surface area (TPSA) is 42.0 Å². The molecule has 1 N–H and O–H groups in total. The average molecular weight is 283 g/mol. The van der Waals surface area contributed by atoms with Crippen molar-refractivity contribution in [2.24, 2.45) is 5.92 Å². The molecule has 4 heteroatoms. The molecule has 1 aromatic heterocycles. The summed E-state index contributed by atoms with van der Waals surface area (Å²) >= 11 is 3.26. The molecule has 3 nitrogen and oxygen atoms in total. The normalized spacial score (nSPS) is 22.9. The van der Waals surface area contributed by atoms with Crippen LogP contribution in [0.25, 0.3) is 0 Å². The van der Waals surface area contributed by atoms with E-state index in [1.165, 1.54) is 12.8 Å². The molecule has 1 aromatic rings. The van der Waals surface area contributed by atoms with Gasteiger partial charge in [-0.1, -0.05) is 13.3 Å². The van der Waals surface area contributed by atoms with E-state index < -0.39 is 0 Å². The molecule has 0 spiro atoms. The first kappa shape index (κ1) is 11.6. The lowest BCUT2D eigenvalue weighted by Gasteiger charge is -2.04. The fourth-order valence-corrected chi connectivity index (χ4v) is 2.27. The molecule has 2 rings (SSSR count). The van der Waals surface area contributed by atoms with E-state index in [4.69, 9.17) is 0 Å². The van der Waals surface area contributed by atoms with E-state index in [9.17, 15) is 4.79 Å². The van der Waals surface area contributed by atoms with Crippen LogP contribution in [0.3, 0.4) is 0 Å².